The van der Waals surface area contributed by atoms with Crippen molar-refractivity contribution in [3.8, 4) is 11.1 Å². The van der Waals surface area contributed by atoms with Crippen molar-refractivity contribution >= 4 is 25.2 Å². The van der Waals surface area contributed by atoms with Crippen LogP contribution in [0, 0.1) is 27.7 Å². The molecule has 2 atom stereocenters. The molecule has 1 unspecified atom stereocenters. The van der Waals surface area contributed by atoms with Crippen LogP contribution in [0.4, 0.5) is 5.69 Å². The highest BCUT2D eigenvalue weighted by molar-refractivity contribution is 7.52. The van der Waals surface area contributed by atoms with E-state index in [0.29, 0.717) is 11.3 Å². The smallest absolute Gasteiger partial charge is 0.352 e. The number of carbonyl (C=O) groups is 2. The van der Waals surface area contributed by atoms with Gasteiger partial charge in [0.15, 0.2) is 5.78 Å². The van der Waals surface area contributed by atoms with Gasteiger partial charge in [-0.2, -0.15) is 0 Å². The van der Waals surface area contributed by atoms with Gasteiger partial charge in [-0.25, -0.2) is 0 Å². The van der Waals surface area contributed by atoms with Crippen molar-refractivity contribution in [3.05, 3.63) is 124 Å². The standard InChI is InChI=1S/C35H39N2O6P/c1-23-10-14-30(20-25(23)3)35(44(41,42)43)37(31-17-11-24(2)26(4)21-31)32(34(40)36-19-18-33(38)39)22-27-12-15-29(16-13-27)28-8-6-5-7-9-28/h5-17,20-21,32,35H,18-19,22H2,1-4H3,(H,36,40)(H,38,39)(H2,41,42,43)/t32-,35?/m0/s1. The zero-order valence-electron chi connectivity index (χ0n) is 25.4. The van der Waals surface area contributed by atoms with E-state index in [2.05, 4.69) is 5.32 Å². The predicted molar refractivity (Wildman–Crippen MR) is 174 cm³/mol. The number of hydrogen-bond donors (Lipinski definition) is 4. The van der Waals surface area contributed by atoms with Gasteiger partial charge in [0.2, 0.25) is 5.91 Å². The molecule has 0 aliphatic heterocycles. The Balaban J connectivity index is 1.87. The average Bonchev–Trinajstić information content (AvgIpc) is 2.98. The third kappa shape index (κ3) is 8.03. The number of nitrogens with zero attached hydrogens (tertiary/aromatic N) is 1. The number of carbonyl (C=O) groups excluding carboxylic acids is 1. The van der Waals surface area contributed by atoms with Crippen LogP contribution in [-0.2, 0) is 20.6 Å². The summed E-state index contributed by atoms with van der Waals surface area (Å²) in [7, 11) is -4.92. The van der Waals surface area contributed by atoms with E-state index in [0.717, 1.165) is 38.9 Å². The van der Waals surface area contributed by atoms with Crippen LogP contribution in [0.3, 0.4) is 0 Å². The number of hydrogen-bond acceptors (Lipinski definition) is 4. The van der Waals surface area contributed by atoms with Crippen molar-refractivity contribution in [1.82, 2.24) is 5.32 Å². The van der Waals surface area contributed by atoms with Gasteiger partial charge in [-0.05, 0) is 84.3 Å². The maximum absolute atomic E-state index is 14.0. The largest absolute Gasteiger partial charge is 0.481 e. The van der Waals surface area contributed by atoms with E-state index in [1.807, 2.05) is 100 Å². The summed E-state index contributed by atoms with van der Waals surface area (Å²) < 4.78 is 13.4. The van der Waals surface area contributed by atoms with E-state index in [-0.39, 0.29) is 19.4 Å². The number of amides is 1. The third-order valence-electron chi connectivity index (χ3n) is 7.97. The fraction of sp³-hybridized carbons (Fsp3) is 0.257. The van der Waals surface area contributed by atoms with Gasteiger partial charge < -0.3 is 25.1 Å². The molecular weight excluding hydrogens is 575 g/mol. The summed E-state index contributed by atoms with van der Waals surface area (Å²) in [5.41, 5.74) is 7.38. The van der Waals surface area contributed by atoms with Gasteiger partial charge in [0, 0.05) is 18.7 Å². The highest BCUT2D eigenvalue weighted by Crippen LogP contribution is 2.56. The Morgan fingerprint density at radius 1 is 0.773 bits per heavy atom. The Hall–Kier alpha value is -4.23. The molecule has 0 aliphatic rings. The molecule has 8 nitrogen and oxygen atoms in total. The fourth-order valence-corrected chi connectivity index (χ4v) is 6.40. The molecule has 4 rings (SSSR count). The number of benzene rings is 4. The highest BCUT2D eigenvalue weighted by atomic mass is 31.2. The van der Waals surface area contributed by atoms with E-state index >= 15 is 0 Å². The first-order valence-corrected chi connectivity index (χ1v) is 16.1. The SMILES string of the molecule is Cc1ccc(C(N(c2ccc(C)c(C)c2)[C@@H](Cc2ccc(-c3ccccc3)cc2)C(=O)NCCC(=O)O)P(=O)(O)O)cc1C. The van der Waals surface area contributed by atoms with Gasteiger partial charge in [-0.3, -0.25) is 14.2 Å². The molecule has 4 N–H and O–H groups in total. The summed E-state index contributed by atoms with van der Waals surface area (Å²) in [6.45, 7) is 7.52. The molecule has 0 heterocycles. The minimum absolute atomic E-state index is 0.113. The Kier molecular flexibility index (Phi) is 10.4. The number of rotatable bonds is 12. The van der Waals surface area contributed by atoms with E-state index < -0.39 is 31.3 Å². The molecule has 0 saturated carbocycles. The first kappa shape index (κ1) is 32.7. The molecule has 0 aliphatic carbocycles. The third-order valence-corrected chi connectivity index (χ3v) is 9.15. The van der Waals surface area contributed by atoms with Crippen LogP contribution in [0.1, 0.15) is 45.6 Å². The van der Waals surface area contributed by atoms with Crippen LogP contribution in [-0.4, -0.2) is 39.4 Å². The summed E-state index contributed by atoms with van der Waals surface area (Å²) in [6.07, 6.45) is -0.171. The van der Waals surface area contributed by atoms with Crippen LogP contribution in [0.5, 0.6) is 0 Å². The van der Waals surface area contributed by atoms with Gasteiger partial charge in [-0.15, -0.1) is 0 Å². The van der Waals surface area contributed by atoms with Crippen molar-refractivity contribution in [3.63, 3.8) is 0 Å². The minimum atomic E-state index is -4.92. The Morgan fingerprint density at radius 2 is 1.36 bits per heavy atom. The maximum Gasteiger partial charge on any atom is 0.352 e. The zero-order valence-corrected chi connectivity index (χ0v) is 26.3. The molecule has 1 amide bonds. The van der Waals surface area contributed by atoms with Crippen LogP contribution < -0.4 is 10.2 Å². The van der Waals surface area contributed by atoms with Crippen molar-refractivity contribution < 1.29 is 29.0 Å². The van der Waals surface area contributed by atoms with Crippen molar-refractivity contribution in [2.45, 2.75) is 52.4 Å². The molecule has 4 aromatic carbocycles. The second-order valence-corrected chi connectivity index (χ2v) is 12.9. The van der Waals surface area contributed by atoms with Crippen molar-refractivity contribution in [2.24, 2.45) is 0 Å². The lowest BCUT2D eigenvalue weighted by Crippen LogP contribution is -2.50. The van der Waals surface area contributed by atoms with Gasteiger partial charge >= 0.3 is 13.6 Å². The number of anilines is 1. The first-order chi connectivity index (χ1) is 20.8. The van der Waals surface area contributed by atoms with Crippen LogP contribution in [0.2, 0.25) is 0 Å². The molecule has 0 radical (unpaired) electrons. The lowest BCUT2D eigenvalue weighted by atomic mass is 9.97. The normalized spacial score (nSPS) is 12.8. The summed E-state index contributed by atoms with van der Waals surface area (Å²) in [6, 6.07) is 27.2. The summed E-state index contributed by atoms with van der Waals surface area (Å²) in [5.74, 6) is -3.07. The van der Waals surface area contributed by atoms with Gasteiger partial charge in [0.05, 0.1) is 6.42 Å². The second-order valence-electron chi connectivity index (χ2n) is 11.2. The molecule has 44 heavy (non-hydrogen) atoms. The number of aliphatic carboxylic acids is 1. The van der Waals surface area contributed by atoms with E-state index in [9.17, 15) is 29.0 Å². The van der Waals surface area contributed by atoms with Gasteiger partial charge in [-0.1, -0.05) is 78.9 Å². The number of nitrogens with one attached hydrogen (secondary N) is 1. The van der Waals surface area contributed by atoms with E-state index in [1.165, 1.54) is 4.90 Å². The minimum Gasteiger partial charge on any atom is -0.481 e. The van der Waals surface area contributed by atoms with Gasteiger partial charge in [0.1, 0.15) is 6.04 Å². The fourth-order valence-electron chi connectivity index (χ4n) is 5.23. The van der Waals surface area contributed by atoms with Crippen LogP contribution in [0.25, 0.3) is 11.1 Å². The van der Waals surface area contributed by atoms with Crippen LogP contribution >= 0.6 is 7.60 Å². The predicted octanol–water partition coefficient (Wildman–Crippen LogP) is 6.47. The summed E-state index contributed by atoms with van der Waals surface area (Å²) in [5, 5.41) is 11.9. The monoisotopic (exact) mass is 614 g/mol. The van der Waals surface area contributed by atoms with Crippen molar-refractivity contribution in [2.75, 3.05) is 11.4 Å². The maximum atomic E-state index is 14.0. The number of carboxylic acids is 1. The first-order valence-electron chi connectivity index (χ1n) is 14.5. The molecule has 0 fully saturated rings. The highest BCUT2D eigenvalue weighted by Gasteiger charge is 2.42. The lowest BCUT2D eigenvalue weighted by Gasteiger charge is -2.40. The Labute approximate surface area is 258 Å². The summed E-state index contributed by atoms with van der Waals surface area (Å²) >= 11 is 0. The number of carboxylic acid groups (broad SMARTS) is 1. The van der Waals surface area contributed by atoms with E-state index in [4.69, 9.17) is 0 Å². The Morgan fingerprint density at radius 3 is 1.93 bits per heavy atom. The quantitative estimate of drug-likeness (QED) is 0.135. The second kappa shape index (κ2) is 14.0. The lowest BCUT2D eigenvalue weighted by molar-refractivity contribution is -0.136. The molecule has 230 valence electrons. The number of aryl methyl sites for hydroxylation is 4. The molecule has 0 bridgehead atoms. The summed E-state index contributed by atoms with van der Waals surface area (Å²) in [4.78, 5) is 48.5. The topological polar surface area (TPSA) is 127 Å². The zero-order chi connectivity index (χ0) is 32.0. The van der Waals surface area contributed by atoms with Crippen molar-refractivity contribution in [1.29, 1.82) is 0 Å². The van der Waals surface area contributed by atoms with Crippen LogP contribution in [0.15, 0.2) is 91.0 Å². The average molecular weight is 615 g/mol. The molecule has 9 heteroatoms. The molecule has 0 saturated heterocycles. The molecule has 0 aromatic heterocycles. The Bertz CT molecular complexity index is 1670. The van der Waals surface area contributed by atoms with E-state index in [1.54, 1.807) is 18.2 Å². The van der Waals surface area contributed by atoms with Gasteiger partial charge in [0.25, 0.3) is 0 Å². The molecule has 0 spiro atoms. The molecule has 4 aromatic rings. The molecular formula is C35H39N2O6P.